The third-order valence-electron chi connectivity index (χ3n) is 1.35. The average molecular weight is 176 g/mol. The van der Waals surface area contributed by atoms with E-state index in [0.29, 0.717) is 0 Å². The molecular weight excluding hydrogens is 164 g/mol. The van der Waals surface area contributed by atoms with E-state index < -0.39 is 24.6 Å². The Morgan fingerprint density at radius 2 is 1.83 bits per heavy atom. The molecule has 2 atom stereocenters. The summed E-state index contributed by atoms with van der Waals surface area (Å²) in [4.78, 5) is 21.0. The molecule has 3 N–H and O–H groups in total. The second-order valence-corrected chi connectivity index (χ2v) is 2.54. The Morgan fingerprint density at radius 1 is 1.33 bits per heavy atom. The van der Waals surface area contributed by atoms with Gasteiger partial charge in [0, 0.05) is 6.42 Å². The molecule has 0 aliphatic rings. The van der Waals surface area contributed by atoms with Crippen LogP contribution in [0.1, 0.15) is 13.3 Å². The number of carbonyl (C=O) groups is 2. The summed E-state index contributed by atoms with van der Waals surface area (Å²) in [5.74, 6) is -1.21. The number of hydrogen-bond donors (Lipinski definition) is 3. The van der Waals surface area contributed by atoms with Crippen LogP contribution in [0.3, 0.4) is 0 Å². The highest BCUT2D eigenvalue weighted by Crippen LogP contribution is 2.00. The standard InChI is InChI=1S/C7H12O5/c1-4(9)2-5(10)7(12)6(11)3-8/h5,7-8,10,12H,2-3H2,1H3. The summed E-state index contributed by atoms with van der Waals surface area (Å²) < 4.78 is 0. The maximum atomic E-state index is 10.6. The van der Waals surface area contributed by atoms with E-state index in [2.05, 4.69) is 0 Å². The van der Waals surface area contributed by atoms with Gasteiger partial charge in [-0.25, -0.2) is 0 Å². The van der Waals surface area contributed by atoms with Crippen LogP contribution in [-0.4, -0.2) is 45.7 Å². The van der Waals surface area contributed by atoms with Crippen LogP contribution in [0, 0.1) is 0 Å². The number of Topliss-reactive ketones (excluding diaryl/α,β-unsaturated/α-hetero) is 2. The fourth-order valence-electron chi connectivity index (χ4n) is 0.714. The molecule has 0 fully saturated rings. The lowest BCUT2D eigenvalue weighted by molar-refractivity contribution is -0.137. The third kappa shape index (κ3) is 3.56. The summed E-state index contributed by atoms with van der Waals surface area (Å²) in [5.41, 5.74) is 0. The maximum absolute atomic E-state index is 10.6. The Morgan fingerprint density at radius 3 is 2.17 bits per heavy atom. The molecule has 0 radical (unpaired) electrons. The quantitative estimate of drug-likeness (QED) is 0.461. The van der Waals surface area contributed by atoms with Crippen molar-refractivity contribution in [3.8, 4) is 0 Å². The fourth-order valence-corrected chi connectivity index (χ4v) is 0.714. The number of hydrogen-bond acceptors (Lipinski definition) is 5. The van der Waals surface area contributed by atoms with E-state index in [4.69, 9.17) is 15.3 Å². The molecule has 2 unspecified atom stereocenters. The zero-order valence-corrected chi connectivity index (χ0v) is 6.73. The van der Waals surface area contributed by atoms with Crippen molar-refractivity contribution in [2.75, 3.05) is 6.61 Å². The molecule has 0 rings (SSSR count). The van der Waals surface area contributed by atoms with Gasteiger partial charge in [0.05, 0.1) is 6.10 Å². The summed E-state index contributed by atoms with van der Waals surface area (Å²) in [6, 6.07) is 0. The van der Waals surface area contributed by atoms with Gasteiger partial charge in [-0.15, -0.1) is 0 Å². The second kappa shape index (κ2) is 4.97. The Labute approximate surface area is 69.6 Å². The zero-order valence-electron chi connectivity index (χ0n) is 6.73. The smallest absolute Gasteiger partial charge is 0.189 e. The number of ketones is 2. The topological polar surface area (TPSA) is 94.8 Å². The van der Waals surface area contributed by atoms with E-state index in [9.17, 15) is 9.59 Å². The minimum Gasteiger partial charge on any atom is -0.389 e. The van der Waals surface area contributed by atoms with Crippen LogP contribution >= 0.6 is 0 Å². The van der Waals surface area contributed by atoms with Gasteiger partial charge in [-0.1, -0.05) is 0 Å². The molecule has 5 nitrogen and oxygen atoms in total. The lowest BCUT2D eigenvalue weighted by Gasteiger charge is -2.13. The van der Waals surface area contributed by atoms with Crippen LogP contribution in [0.15, 0.2) is 0 Å². The summed E-state index contributed by atoms with van der Waals surface area (Å²) in [6.07, 6.45) is -3.37. The first-order chi connectivity index (χ1) is 5.49. The van der Waals surface area contributed by atoms with Crippen LogP contribution < -0.4 is 0 Å². The lowest BCUT2D eigenvalue weighted by Crippen LogP contribution is -2.36. The van der Waals surface area contributed by atoms with Crippen molar-refractivity contribution in [1.82, 2.24) is 0 Å². The number of aliphatic hydroxyl groups is 3. The Bertz CT molecular complexity index is 177. The summed E-state index contributed by atoms with van der Waals surface area (Å²) in [7, 11) is 0. The molecule has 0 amide bonds. The molecule has 0 aromatic carbocycles. The van der Waals surface area contributed by atoms with Gasteiger partial charge < -0.3 is 15.3 Å². The molecule has 0 aromatic rings. The molecule has 0 aromatic heterocycles. The van der Waals surface area contributed by atoms with Gasteiger partial charge in [0.1, 0.15) is 18.5 Å². The van der Waals surface area contributed by atoms with Gasteiger partial charge in [0.25, 0.3) is 0 Å². The van der Waals surface area contributed by atoms with Crippen molar-refractivity contribution in [1.29, 1.82) is 0 Å². The highest BCUT2D eigenvalue weighted by atomic mass is 16.3. The van der Waals surface area contributed by atoms with E-state index >= 15 is 0 Å². The van der Waals surface area contributed by atoms with E-state index in [1.54, 1.807) is 0 Å². The Hall–Kier alpha value is -0.780. The van der Waals surface area contributed by atoms with Crippen LogP contribution in [0.25, 0.3) is 0 Å². The molecule has 70 valence electrons. The fraction of sp³-hybridized carbons (Fsp3) is 0.714. The van der Waals surface area contributed by atoms with E-state index in [0.717, 1.165) is 0 Å². The molecule has 0 aliphatic heterocycles. The van der Waals surface area contributed by atoms with Gasteiger partial charge in [-0.05, 0) is 6.92 Å². The summed E-state index contributed by atoms with van der Waals surface area (Å²) in [5, 5.41) is 26.2. The van der Waals surface area contributed by atoms with Crippen LogP contribution in [0.4, 0.5) is 0 Å². The van der Waals surface area contributed by atoms with Gasteiger partial charge >= 0.3 is 0 Å². The SMILES string of the molecule is CC(=O)CC(O)C(O)C(=O)CO. The molecule has 0 saturated carbocycles. The number of carbonyl (C=O) groups excluding carboxylic acids is 2. The van der Waals surface area contributed by atoms with E-state index in [1.807, 2.05) is 0 Å². The van der Waals surface area contributed by atoms with Crippen molar-refractivity contribution in [2.24, 2.45) is 0 Å². The molecule has 0 spiro atoms. The van der Waals surface area contributed by atoms with Gasteiger partial charge in [-0.2, -0.15) is 0 Å². The number of aliphatic hydroxyl groups excluding tert-OH is 3. The predicted molar refractivity (Wildman–Crippen MR) is 39.4 cm³/mol. The normalized spacial score (nSPS) is 15.3. The van der Waals surface area contributed by atoms with E-state index in [1.165, 1.54) is 6.92 Å². The highest BCUT2D eigenvalue weighted by molar-refractivity contribution is 5.85. The molecule has 0 saturated heterocycles. The molecule has 5 heteroatoms. The van der Waals surface area contributed by atoms with Crippen LogP contribution in [0.2, 0.25) is 0 Å². The average Bonchev–Trinajstić information content (AvgIpc) is 2.00. The Kier molecular flexibility index (Phi) is 4.65. The molecular formula is C7H12O5. The highest BCUT2D eigenvalue weighted by Gasteiger charge is 2.24. The third-order valence-corrected chi connectivity index (χ3v) is 1.35. The minimum absolute atomic E-state index is 0.285. The molecule has 0 aliphatic carbocycles. The van der Waals surface area contributed by atoms with Crippen molar-refractivity contribution >= 4 is 11.6 Å². The predicted octanol–water partition coefficient (Wildman–Crippen LogP) is -1.75. The summed E-state index contributed by atoms with van der Waals surface area (Å²) >= 11 is 0. The minimum atomic E-state index is -1.67. The first-order valence-corrected chi connectivity index (χ1v) is 3.48. The summed E-state index contributed by atoms with van der Waals surface area (Å²) in [6.45, 7) is 0.398. The maximum Gasteiger partial charge on any atom is 0.189 e. The zero-order chi connectivity index (χ0) is 9.72. The first kappa shape index (κ1) is 11.2. The second-order valence-electron chi connectivity index (χ2n) is 2.54. The van der Waals surface area contributed by atoms with Crippen LogP contribution in [0.5, 0.6) is 0 Å². The van der Waals surface area contributed by atoms with Crippen molar-refractivity contribution in [3.63, 3.8) is 0 Å². The largest absolute Gasteiger partial charge is 0.389 e. The van der Waals surface area contributed by atoms with Crippen molar-refractivity contribution in [3.05, 3.63) is 0 Å². The van der Waals surface area contributed by atoms with Crippen molar-refractivity contribution < 1.29 is 24.9 Å². The van der Waals surface area contributed by atoms with Crippen LogP contribution in [-0.2, 0) is 9.59 Å². The Balaban J connectivity index is 4.00. The first-order valence-electron chi connectivity index (χ1n) is 3.48. The lowest BCUT2D eigenvalue weighted by atomic mass is 10.1. The monoisotopic (exact) mass is 176 g/mol. The molecule has 0 bridgehead atoms. The molecule has 0 heterocycles. The van der Waals surface area contributed by atoms with Gasteiger partial charge in [0.15, 0.2) is 5.78 Å². The van der Waals surface area contributed by atoms with Gasteiger partial charge in [-0.3, -0.25) is 9.59 Å². The van der Waals surface area contributed by atoms with Gasteiger partial charge in [0.2, 0.25) is 0 Å². The van der Waals surface area contributed by atoms with E-state index in [-0.39, 0.29) is 12.2 Å². The molecule has 12 heavy (non-hydrogen) atoms. The van der Waals surface area contributed by atoms with Crippen molar-refractivity contribution in [2.45, 2.75) is 25.6 Å². The number of rotatable bonds is 5.